The number of fused-ring (bicyclic) bond motifs is 1. The summed E-state index contributed by atoms with van der Waals surface area (Å²) in [6.45, 7) is 2.40. The third-order valence-corrected chi connectivity index (χ3v) is 4.00. The summed E-state index contributed by atoms with van der Waals surface area (Å²) in [4.78, 5) is 0. The molecular weight excluding hydrogens is 116 g/mol. The summed E-state index contributed by atoms with van der Waals surface area (Å²) in [5.41, 5.74) is 0. The minimum atomic E-state index is 1.04. The van der Waals surface area contributed by atoms with Crippen molar-refractivity contribution in [2.24, 2.45) is 5.92 Å². The quantitative estimate of drug-likeness (QED) is 0.451. The zero-order valence-corrected chi connectivity index (χ0v) is 6.08. The van der Waals surface area contributed by atoms with Gasteiger partial charge in [0.15, 0.2) is 0 Å². The van der Waals surface area contributed by atoms with Crippen molar-refractivity contribution in [2.75, 3.05) is 0 Å². The predicted octanol–water partition coefficient (Wildman–Crippen LogP) is 2.29. The highest BCUT2D eigenvalue weighted by atomic mass is 32.2. The average molecular weight is 128 g/mol. The molecule has 1 heterocycles. The SMILES string of the molecule is CC1CCCC2SC12. The number of hydrogen-bond acceptors (Lipinski definition) is 1. The molecule has 1 aliphatic carbocycles. The first-order valence-electron chi connectivity index (χ1n) is 3.53. The normalized spacial score (nSPS) is 52.9. The monoisotopic (exact) mass is 128 g/mol. The van der Waals surface area contributed by atoms with Gasteiger partial charge in [-0.2, -0.15) is 11.8 Å². The Hall–Kier alpha value is 0.350. The highest BCUT2D eigenvalue weighted by molar-refractivity contribution is 8.07. The van der Waals surface area contributed by atoms with Gasteiger partial charge >= 0.3 is 0 Å². The fourth-order valence-electron chi connectivity index (χ4n) is 1.69. The lowest BCUT2D eigenvalue weighted by Crippen LogP contribution is -2.11. The Kier molecular flexibility index (Phi) is 1.07. The fourth-order valence-corrected chi connectivity index (χ4v) is 3.12. The highest BCUT2D eigenvalue weighted by Gasteiger charge is 2.43. The summed E-state index contributed by atoms with van der Waals surface area (Å²) < 4.78 is 0. The van der Waals surface area contributed by atoms with Crippen molar-refractivity contribution in [3.8, 4) is 0 Å². The van der Waals surface area contributed by atoms with Crippen molar-refractivity contribution in [2.45, 2.75) is 36.7 Å². The van der Waals surface area contributed by atoms with Crippen LogP contribution in [0.5, 0.6) is 0 Å². The van der Waals surface area contributed by atoms with Crippen LogP contribution in [0.25, 0.3) is 0 Å². The van der Waals surface area contributed by atoms with Crippen LogP contribution >= 0.6 is 11.8 Å². The van der Waals surface area contributed by atoms with Crippen LogP contribution in [0.4, 0.5) is 0 Å². The second kappa shape index (κ2) is 1.66. The Balaban J connectivity index is 1.99. The van der Waals surface area contributed by atoms with Gasteiger partial charge in [-0.05, 0) is 18.8 Å². The van der Waals surface area contributed by atoms with Crippen LogP contribution in [-0.2, 0) is 0 Å². The Morgan fingerprint density at radius 3 is 2.88 bits per heavy atom. The minimum Gasteiger partial charge on any atom is -0.153 e. The van der Waals surface area contributed by atoms with E-state index in [-0.39, 0.29) is 0 Å². The van der Waals surface area contributed by atoms with Gasteiger partial charge in [-0.15, -0.1) is 0 Å². The van der Waals surface area contributed by atoms with E-state index in [1.807, 2.05) is 0 Å². The standard InChI is InChI=1S/C7H12S/c1-5-3-2-4-6-7(5)8-6/h5-7H,2-4H2,1H3. The molecule has 0 amide bonds. The topological polar surface area (TPSA) is 0 Å². The van der Waals surface area contributed by atoms with Gasteiger partial charge in [-0.1, -0.05) is 13.3 Å². The number of rotatable bonds is 0. The molecule has 0 aromatic rings. The summed E-state index contributed by atoms with van der Waals surface area (Å²) in [5, 5.41) is 2.18. The van der Waals surface area contributed by atoms with E-state index < -0.39 is 0 Å². The maximum Gasteiger partial charge on any atom is 0.0195 e. The van der Waals surface area contributed by atoms with Gasteiger partial charge in [0, 0.05) is 10.5 Å². The molecule has 1 saturated heterocycles. The molecular formula is C7H12S. The Bertz CT molecular complexity index is 101. The molecule has 1 heteroatoms. The van der Waals surface area contributed by atoms with E-state index in [9.17, 15) is 0 Å². The first kappa shape index (κ1) is 5.16. The van der Waals surface area contributed by atoms with Crippen molar-refractivity contribution in [1.29, 1.82) is 0 Å². The summed E-state index contributed by atoms with van der Waals surface area (Å²) >= 11 is 2.21. The summed E-state index contributed by atoms with van der Waals surface area (Å²) in [6, 6.07) is 0. The lowest BCUT2D eigenvalue weighted by atomic mass is 9.91. The maximum absolute atomic E-state index is 2.40. The first-order valence-corrected chi connectivity index (χ1v) is 4.47. The molecule has 46 valence electrons. The van der Waals surface area contributed by atoms with E-state index in [1.54, 1.807) is 0 Å². The van der Waals surface area contributed by atoms with Crippen LogP contribution in [0.1, 0.15) is 26.2 Å². The van der Waals surface area contributed by atoms with Crippen molar-refractivity contribution in [3.63, 3.8) is 0 Å². The van der Waals surface area contributed by atoms with E-state index in [0.717, 1.165) is 16.4 Å². The molecule has 2 aliphatic rings. The molecule has 0 aromatic heterocycles. The summed E-state index contributed by atoms with van der Waals surface area (Å²) in [5.74, 6) is 1.04. The molecule has 1 aliphatic heterocycles. The third kappa shape index (κ3) is 0.680. The van der Waals surface area contributed by atoms with E-state index in [2.05, 4.69) is 18.7 Å². The smallest absolute Gasteiger partial charge is 0.0195 e. The number of hydrogen-bond donors (Lipinski definition) is 0. The minimum absolute atomic E-state index is 1.04. The van der Waals surface area contributed by atoms with E-state index in [1.165, 1.54) is 19.3 Å². The van der Waals surface area contributed by atoms with Gasteiger partial charge < -0.3 is 0 Å². The van der Waals surface area contributed by atoms with Crippen molar-refractivity contribution in [3.05, 3.63) is 0 Å². The van der Waals surface area contributed by atoms with Crippen LogP contribution < -0.4 is 0 Å². The van der Waals surface area contributed by atoms with Crippen molar-refractivity contribution >= 4 is 11.8 Å². The van der Waals surface area contributed by atoms with Gasteiger partial charge in [0.05, 0.1) is 0 Å². The molecule has 0 nitrogen and oxygen atoms in total. The molecule has 8 heavy (non-hydrogen) atoms. The Labute approximate surface area is 55.0 Å². The fraction of sp³-hybridized carbons (Fsp3) is 1.00. The second-order valence-corrected chi connectivity index (χ2v) is 4.47. The number of thioether (sulfide) groups is 1. The molecule has 2 fully saturated rings. The average Bonchev–Trinajstić information content (AvgIpc) is 2.45. The van der Waals surface area contributed by atoms with Crippen LogP contribution in [0, 0.1) is 5.92 Å². The van der Waals surface area contributed by atoms with E-state index >= 15 is 0 Å². The largest absolute Gasteiger partial charge is 0.153 e. The molecule has 3 atom stereocenters. The van der Waals surface area contributed by atoms with Crippen LogP contribution in [0.3, 0.4) is 0 Å². The molecule has 1 saturated carbocycles. The van der Waals surface area contributed by atoms with Crippen molar-refractivity contribution in [1.82, 2.24) is 0 Å². The molecule has 0 aromatic carbocycles. The zero-order chi connectivity index (χ0) is 5.56. The lowest BCUT2D eigenvalue weighted by molar-refractivity contribution is 0.442. The van der Waals surface area contributed by atoms with Gasteiger partial charge in [0.25, 0.3) is 0 Å². The van der Waals surface area contributed by atoms with Gasteiger partial charge in [-0.25, -0.2) is 0 Å². The second-order valence-electron chi connectivity index (χ2n) is 3.05. The first-order chi connectivity index (χ1) is 3.88. The van der Waals surface area contributed by atoms with E-state index in [4.69, 9.17) is 0 Å². The van der Waals surface area contributed by atoms with Gasteiger partial charge in [0.2, 0.25) is 0 Å². The molecule has 2 rings (SSSR count). The van der Waals surface area contributed by atoms with Gasteiger partial charge in [0.1, 0.15) is 0 Å². The Morgan fingerprint density at radius 2 is 2.25 bits per heavy atom. The zero-order valence-electron chi connectivity index (χ0n) is 5.26. The van der Waals surface area contributed by atoms with E-state index in [0.29, 0.717) is 0 Å². The predicted molar refractivity (Wildman–Crippen MR) is 38.2 cm³/mol. The Morgan fingerprint density at radius 1 is 1.38 bits per heavy atom. The van der Waals surface area contributed by atoms with Crippen molar-refractivity contribution < 1.29 is 0 Å². The van der Waals surface area contributed by atoms with Crippen LogP contribution in [0.2, 0.25) is 0 Å². The van der Waals surface area contributed by atoms with Crippen LogP contribution in [0.15, 0.2) is 0 Å². The molecule has 3 unspecified atom stereocenters. The molecule has 0 spiro atoms. The molecule has 0 bridgehead atoms. The molecule has 0 N–H and O–H groups in total. The lowest BCUT2D eigenvalue weighted by Gasteiger charge is -2.13. The highest BCUT2D eigenvalue weighted by Crippen LogP contribution is 2.53. The van der Waals surface area contributed by atoms with Gasteiger partial charge in [-0.3, -0.25) is 0 Å². The summed E-state index contributed by atoms with van der Waals surface area (Å²) in [6.07, 6.45) is 4.50. The molecule has 0 radical (unpaired) electrons. The van der Waals surface area contributed by atoms with Crippen LogP contribution in [-0.4, -0.2) is 10.5 Å². The third-order valence-electron chi connectivity index (χ3n) is 2.33. The summed E-state index contributed by atoms with van der Waals surface area (Å²) in [7, 11) is 0. The maximum atomic E-state index is 2.40.